The molecule has 0 aliphatic rings. The summed E-state index contributed by atoms with van der Waals surface area (Å²) in [6.07, 6.45) is 0. The summed E-state index contributed by atoms with van der Waals surface area (Å²) >= 11 is 1.60. The van der Waals surface area contributed by atoms with Gasteiger partial charge in [-0.15, -0.1) is 11.8 Å². The summed E-state index contributed by atoms with van der Waals surface area (Å²) in [5, 5.41) is 6.22. The van der Waals surface area contributed by atoms with Gasteiger partial charge in [-0.05, 0) is 44.0 Å². The first-order chi connectivity index (χ1) is 9.52. The van der Waals surface area contributed by atoms with Gasteiger partial charge in [0, 0.05) is 18.0 Å². The Labute approximate surface area is 126 Å². The topological polar surface area (TPSA) is 41.1 Å². The summed E-state index contributed by atoms with van der Waals surface area (Å²) in [5.41, 5.74) is 1.28. The van der Waals surface area contributed by atoms with Crippen molar-refractivity contribution in [2.45, 2.75) is 44.4 Å². The van der Waals surface area contributed by atoms with Crippen molar-refractivity contribution in [1.82, 2.24) is 10.6 Å². The molecule has 2 N–H and O–H groups in total. The number of amides is 1. The van der Waals surface area contributed by atoms with Crippen LogP contribution in [0.2, 0.25) is 0 Å². The minimum Gasteiger partial charge on any atom is -0.355 e. The van der Waals surface area contributed by atoms with E-state index < -0.39 is 0 Å². The third-order valence-electron chi connectivity index (χ3n) is 2.84. The second-order valence-electron chi connectivity index (χ2n) is 5.32. The molecule has 1 rings (SSSR count). The van der Waals surface area contributed by atoms with Gasteiger partial charge in [-0.2, -0.15) is 0 Å². The third-order valence-corrected chi connectivity index (χ3v) is 3.95. The minimum atomic E-state index is -0.0557. The molecule has 3 nitrogen and oxygen atoms in total. The number of rotatable bonds is 8. The van der Waals surface area contributed by atoms with E-state index >= 15 is 0 Å². The molecule has 0 aromatic heterocycles. The highest BCUT2D eigenvalue weighted by molar-refractivity contribution is 8.00. The molecule has 0 spiro atoms. The van der Waals surface area contributed by atoms with Gasteiger partial charge in [-0.3, -0.25) is 4.79 Å². The molecular weight excluding hydrogens is 268 g/mol. The molecule has 0 saturated carbocycles. The van der Waals surface area contributed by atoms with E-state index in [0.29, 0.717) is 12.5 Å². The first-order valence-electron chi connectivity index (χ1n) is 7.27. The van der Waals surface area contributed by atoms with Crippen LogP contribution in [0, 0.1) is 5.92 Å². The van der Waals surface area contributed by atoms with Crippen molar-refractivity contribution in [3.05, 3.63) is 29.8 Å². The van der Waals surface area contributed by atoms with Crippen LogP contribution in [-0.4, -0.2) is 24.2 Å². The van der Waals surface area contributed by atoms with E-state index in [9.17, 15) is 4.79 Å². The van der Waals surface area contributed by atoms with Crippen molar-refractivity contribution in [2.24, 2.45) is 5.92 Å². The first kappa shape index (κ1) is 17.1. The second-order valence-corrected chi connectivity index (χ2v) is 6.74. The van der Waals surface area contributed by atoms with Crippen LogP contribution >= 0.6 is 11.8 Å². The van der Waals surface area contributed by atoms with E-state index in [4.69, 9.17) is 0 Å². The largest absolute Gasteiger partial charge is 0.355 e. The number of thioether (sulfide) groups is 1. The lowest BCUT2D eigenvalue weighted by molar-refractivity contribution is -0.120. The molecule has 0 aliphatic carbocycles. The number of benzene rings is 1. The zero-order valence-electron chi connectivity index (χ0n) is 12.9. The van der Waals surface area contributed by atoms with Gasteiger partial charge in [0.2, 0.25) is 5.91 Å². The second kappa shape index (κ2) is 9.03. The van der Waals surface area contributed by atoms with E-state index in [-0.39, 0.29) is 11.2 Å². The lowest BCUT2D eigenvalue weighted by Gasteiger charge is -2.11. The molecule has 1 unspecified atom stereocenters. The zero-order chi connectivity index (χ0) is 15.0. The van der Waals surface area contributed by atoms with E-state index in [0.717, 1.165) is 18.0 Å². The van der Waals surface area contributed by atoms with E-state index in [1.54, 1.807) is 11.8 Å². The molecule has 1 aromatic rings. The Bertz CT molecular complexity index is 403. The average molecular weight is 294 g/mol. The van der Waals surface area contributed by atoms with E-state index in [2.05, 4.69) is 48.7 Å². The Balaban J connectivity index is 2.44. The van der Waals surface area contributed by atoms with Crippen molar-refractivity contribution in [3.63, 3.8) is 0 Å². The maximum Gasteiger partial charge on any atom is 0.233 e. The number of hydrogen-bond acceptors (Lipinski definition) is 3. The Morgan fingerprint density at radius 1 is 1.20 bits per heavy atom. The summed E-state index contributed by atoms with van der Waals surface area (Å²) in [7, 11) is 0. The van der Waals surface area contributed by atoms with Gasteiger partial charge in [0.1, 0.15) is 0 Å². The Morgan fingerprint density at radius 2 is 1.85 bits per heavy atom. The zero-order valence-corrected chi connectivity index (χ0v) is 13.7. The van der Waals surface area contributed by atoms with Crippen LogP contribution in [0.25, 0.3) is 0 Å². The van der Waals surface area contributed by atoms with Crippen LogP contribution in [0.4, 0.5) is 0 Å². The number of carbonyl (C=O) groups excluding carboxylic acids is 1. The molecule has 20 heavy (non-hydrogen) atoms. The lowest BCUT2D eigenvalue weighted by Crippen LogP contribution is -2.30. The van der Waals surface area contributed by atoms with Gasteiger partial charge in [-0.25, -0.2) is 0 Å². The molecule has 1 amide bonds. The molecule has 0 heterocycles. The maximum atomic E-state index is 11.7. The fraction of sp³-hybridized carbons (Fsp3) is 0.562. The van der Waals surface area contributed by atoms with Crippen molar-refractivity contribution in [3.8, 4) is 0 Å². The fourth-order valence-corrected chi connectivity index (χ4v) is 2.66. The molecule has 0 fully saturated rings. The van der Waals surface area contributed by atoms with Crippen LogP contribution in [-0.2, 0) is 11.3 Å². The Morgan fingerprint density at radius 3 is 2.40 bits per heavy atom. The van der Waals surface area contributed by atoms with Gasteiger partial charge in [0.25, 0.3) is 0 Å². The molecule has 0 saturated heterocycles. The summed E-state index contributed by atoms with van der Waals surface area (Å²) in [6.45, 7) is 10.9. The average Bonchev–Trinajstić information content (AvgIpc) is 2.40. The highest BCUT2D eigenvalue weighted by atomic mass is 32.2. The molecule has 1 atom stereocenters. The van der Waals surface area contributed by atoms with Crippen molar-refractivity contribution in [2.75, 3.05) is 13.1 Å². The molecule has 0 bridgehead atoms. The summed E-state index contributed by atoms with van der Waals surface area (Å²) < 4.78 is 0. The van der Waals surface area contributed by atoms with Crippen molar-refractivity contribution in [1.29, 1.82) is 0 Å². The predicted octanol–water partition coefficient (Wildman–Crippen LogP) is 3.05. The standard InChI is InChI=1S/C16H26N2OS/c1-5-18-16(19)13(4)20-15-8-6-14(7-9-15)11-17-10-12(2)3/h6-9,12-13,17H,5,10-11H2,1-4H3,(H,18,19). The Hall–Kier alpha value is -1.00. The highest BCUT2D eigenvalue weighted by Crippen LogP contribution is 2.23. The van der Waals surface area contributed by atoms with Crippen molar-refractivity contribution < 1.29 is 4.79 Å². The summed E-state index contributed by atoms with van der Waals surface area (Å²) in [4.78, 5) is 12.8. The summed E-state index contributed by atoms with van der Waals surface area (Å²) in [5.74, 6) is 0.767. The maximum absolute atomic E-state index is 11.7. The summed E-state index contributed by atoms with van der Waals surface area (Å²) in [6, 6.07) is 8.43. The number of nitrogens with one attached hydrogen (secondary N) is 2. The van der Waals surface area contributed by atoms with Crippen LogP contribution in [0.3, 0.4) is 0 Å². The molecule has 0 aliphatic heterocycles. The molecule has 112 valence electrons. The minimum absolute atomic E-state index is 0.0557. The van der Waals surface area contributed by atoms with Gasteiger partial charge < -0.3 is 10.6 Å². The third kappa shape index (κ3) is 6.44. The number of carbonyl (C=O) groups is 1. The van der Waals surface area contributed by atoms with Gasteiger partial charge in [0.15, 0.2) is 0 Å². The fourth-order valence-electron chi connectivity index (χ4n) is 1.77. The SMILES string of the molecule is CCNC(=O)C(C)Sc1ccc(CNCC(C)C)cc1. The molecule has 0 radical (unpaired) electrons. The normalized spacial score (nSPS) is 12.4. The monoisotopic (exact) mass is 294 g/mol. The van der Waals surface area contributed by atoms with Gasteiger partial charge in [0.05, 0.1) is 5.25 Å². The first-order valence-corrected chi connectivity index (χ1v) is 8.15. The van der Waals surface area contributed by atoms with Crippen LogP contribution in [0.5, 0.6) is 0 Å². The quantitative estimate of drug-likeness (QED) is 0.724. The highest BCUT2D eigenvalue weighted by Gasteiger charge is 2.12. The molecule has 4 heteroatoms. The Kier molecular flexibility index (Phi) is 7.70. The smallest absolute Gasteiger partial charge is 0.233 e. The van der Waals surface area contributed by atoms with E-state index in [1.165, 1.54) is 5.56 Å². The number of hydrogen-bond donors (Lipinski definition) is 2. The lowest BCUT2D eigenvalue weighted by atomic mass is 10.2. The van der Waals surface area contributed by atoms with Crippen LogP contribution in [0.15, 0.2) is 29.2 Å². The molecular formula is C16H26N2OS. The predicted molar refractivity (Wildman–Crippen MR) is 87.0 cm³/mol. The van der Waals surface area contributed by atoms with Crippen LogP contribution in [0.1, 0.15) is 33.3 Å². The van der Waals surface area contributed by atoms with E-state index in [1.807, 2.05) is 13.8 Å². The van der Waals surface area contributed by atoms with Gasteiger partial charge in [-0.1, -0.05) is 26.0 Å². The van der Waals surface area contributed by atoms with Crippen molar-refractivity contribution >= 4 is 17.7 Å². The van der Waals surface area contributed by atoms with Gasteiger partial charge >= 0.3 is 0 Å². The molecule has 1 aromatic carbocycles. The van der Waals surface area contributed by atoms with Crippen LogP contribution < -0.4 is 10.6 Å².